The predicted molar refractivity (Wildman–Crippen MR) is 64.5 cm³/mol. The molecular weight excluding hydrogens is 208 g/mol. The third-order valence-corrected chi connectivity index (χ3v) is 3.39. The van der Waals surface area contributed by atoms with Gasteiger partial charge in [0.15, 0.2) is 0 Å². The van der Waals surface area contributed by atoms with Crippen LogP contribution in [0.5, 0.6) is 0 Å². The van der Waals surface area contributed by atoms with Gasteiger partial charge in [-0.15, -0.1) is 0 Å². The fourth-order valence-corrected chi connectivity index (χ4v) is 2.37. The highest BCUT2D eigenvalue weighted by Gasteiger charge is 2.09. The quantitative estimate of drug-likeness (QED) is 0.760. The van der Waals surface area contributed by atoms with Crippen molar-refractivity contribution in [2.45, 2.75) is 45.4 Å². The summed E-state index contributed by atoms with van der Waals surface area (Å²) in [6.45, 7) is 9.27. The molecular formula is C11H20N2OS. The molecule has 0 fully saturated rings. The molecule has 0 spiro atoms. The molecule has 0 amide bonds. The highest BCUT2D eigenvalue weighted by Crippen LogP contribution is 2.21. The van der Waals surface area contributed by atoms with Crippen molar-refractivity contribution in [3.63, 3.8) is 0 Å². The van der Waals surface area contributed by atoms with Crippen LogP contribution in [0.3, 0.4) is 0 Å². The van der Waals surface area contributed by atoms with E-state index in [0.29, 0.717) is 6.04 Å². The van der Waals surface area contributed by atoms with Crippen molar-refractivity contribution in [1.82, 2.24) is 10.3 Å². The van der Waals surface area contributed by atoms with Crippen LogP contribution < -0.4 is 5.32 Å². The molecule has 86 valence electrons. The third kappa shape index (κ3) is 3.87. The SMILES string of the molecule is CCNC(CC)CSc1nc(C)c(C)o1. The van der Waals surface area contributed by atoms with Crippen LogP contribution in [0.4, 0.5) is 0 Å². The minimum Gasteiger partial charge on any atom is -0.437 e. The van der Waals surface area contributed by atoms with Gasteiger partial charge in [0.25, 0.3) is 5.22 Å². The lowest BCUT2D eigenvalue weighted by molar-refractivity contribution is 0.430. The third-order valence-electron chi connectivity index (χ3n) is 2.40. The van der Waals surface area contributed by atoms with Gasteiger partial charge < -0.3 is 9.73 Å². The first-order valence-electron chi connectivity index (χ1n) is 5.47. The van der Waals surface area contributed by atoms with Gasteiger partial charge in [-0.2, -0.15) is 0 Å². The van der Waals surface area contributed by atoms with Crippen LogP contribution in [0.2, 0.25) is 0 Å². The summed E-state index contributed by atoms with van der Waals surface area (Å²) in [5.74, 6) is 1.94. The molecule has 0 saturated carbocycles. The van der Waals surface area contributed by atoms with Crippen LogP contribution in [0.25, 0.3) is 0 Å². The monoisotopic (exact) mass is 228 g/mol. The number of aromatic nitrogens is 1. The van der Waals surface area contributed by atoms with Crippen molar-refractivity contribution in [1.29, 1.82) is 0 Å². The maximum atomic E-state index is 5.51. The highest BCUT2D eigenvalue weighted by atomic mass is 32.2. The van der Waals surface area contributed by atoms with E-state index in [1.54, 1.807) is 11.8 Å². The van der Waals surface area contributed by atoms with Crippen LogP contribution >= 0.6 is 11.8 Å². The van der Waals surface area contributed by atoms with Crippen LogP contribution in [0.15, 0.2) is 9.64 Å². The summed E-state index contributed by atoms with van der Waals surface area (Å²) in [4.78, 5) is 4.35. The smallest absolute Gasteiger partial charge is 0.256 e. The standard InChI is InChI=1S/C11H20N2OS/c1-5-10(12-6-2)7-15-11-13-8(3)9(4)14-11/h10,12H,5-7H2,1-4H3. The Morgan fingerprint density at radius 3 is 2.60 bits per heavy atom. The second kappa shape index (κ2) is 6.18. The molecule has 0 radical (unpaired) electrons. The first-order valence-corrected chi connectivity index (χ1v) is 6.46. The Morgan fingerprint density at radius 1 is 1.40 bits per heavy atom. The van der Waals surface area contributed by atoms with Crippen molar-refractivity contribution in [3.8, 4) is 0 Å². The lowest BCUT2D eigenvalue weighted by atomic mass is 10.2. The average Bonchev–Trinajstić information content (AvgIpc) is 2.53. The number of aryl methyl sites for hydroxylation is 2. The zero-order valence-corrected chi connectivity index (χ0v) is 10.8. The lowest BCUT2D eigenvalue weighted by Crippen LogP contribution is -2.30. The van der Waals surface area contributed by atoms with Gasteiger partial charge >= 0.3 is 0 Å². The van der Waals surface area contributed by atoms with Crippen molar-refractivity contribution in [3.05, 3.63) is 11.5 Å². The maximum absolute atomic E-state index is 5.51. The van der Waals surface area contributed by atoms with Crippen molar-refractivity contribution in [2.75, 3.05) is 12.3 Å². The Labute approximate surface area is 96.0 Å². The second-order valence-corrected chi connectivity index (χ2v) is 4.57. The van der Waals surface area contributed by atoms with Gasteiger partial charge in [-0.25, -0.2) is 4.98 Å². The van der Waals surface area contributed by atoms with Gasteiger partial charge in [0.2, 0.25) is 0 Å². The number of oxazole rings is 1. The van der Waals surface area contributed by atoms with E-state index in [9.17, 15) is 0 Å². The van der Waals surface area contributed by atoms with Gasteiger partial charge in [0.05, 0.1) is 5.69 Å². The van der Waals surface area contributed by atoms with Crippen LogP contribution in [0.1, 0.15) is 31.7 Å². The van der Waals surface area contributed by atoms with Gasteiger partial charge in [0, 0.05) is 11.8 Å². The molecule has 0 saturated heterocycles. The molecule has 15 heavy (non-hydrogen) atoms. The van der Waals surface area contributed by atoms with E-state index in [1.807, 2.05) is 13.8 Å². The van der Waals surface area contributed by atoms with Crippen LogP contribution in [-0.4, -0.2) is 23.3 Å². The molecule has 0 bridgehead atoms. The fourth-order valence-electron chi connectivity index (χ4n) is 1.29. The van der Waals surface area contributed by atoms with Crippen molar-refractivity contribution < 1.29 is 4.42 Å². The summed E-state index contributed by atoms with van der Waals surface area (Å²) in [7, 11) is 0. The number of nitrogens with zero attached hydrogens (tertiary/aromatic N) is 1. The normalized spacial score (nSPS) is 13.1. The first kappa shape index (κ1) is 12.6. The number of rotatable bonds is 6. The molecule has 1 rings (SSSR count). The predicted octanol–water partition coefficient (Wildman–Crippen LogP) is 2.77. The molecule has 0 aromatic carbocycles. The fraction of sp³-hybridized carbons (Fsp3) is 0.727. The van der Waals surface area contributed by atoms with Gasteiger partial charge in [-0.3, -0.25) is 0 Å². The summed E-state index contributed by atoms with van der Waals surface area (Å²) in [5.41, 5.74) is 0.994. The van der Waals surface area contributed by atoms with E-state index in [2.05, 4.69) is 24.1 Å². The molecule has 1 atom stereocenters. The Bertz CT molecular complexity index is 279. The molecule has 0 aliphatic carbocycles. The Kier molecular flexibility index (Phi) is 5.19. The Balaban J connectivity index is 2.41. The van der Waals surface area contributed by atoms with E-state index in [4.69, 9.17) is 4.42 Å². The van der Waals surface area contributed by atoms with Crippen LogP contribution in [-0.2, 0) is 0 Å². The Hall–Kier alpha value is -0.480. The first-order chi connectivity index (χ1) is 7.17. The summed E-state index contributed by atoms with van der Waals surface area (Å²) in [5, 5.41) is 4.23. The summed E-state index contributed by atoms with van der Waals surface area (Å²) in [6.07, 6.45) is 1.14. The van der Waals surface area contributed by atoms with E-state index < -0.39 is 0 Å². The molecule has 1 heterocycles. The minimum absolute atomic E-state index is 0.549. The maximum Gasteiger partial charge on any atom is 0.256 e. The average molecular weight is 228 g/mol. The zero-order valence-electron chi connectivity index (χ0n) is 9.96. The minimum atomic E-state index is 0.549. The number of nitrogens with one attached hydrogen (secondary N) is 1. The highest BCUT2D eigenvalue weighted by molar-refractivity contribution is 7.99. The number of hydrogen-bond acceptors (Lipinski definition) is 4. The van der Waals surface area contributed by atoms with Crippen LogP contribution in [0, 0.1) is 13.8 Å². The number of thioether (sulfide) groups is 1. The molecule has 4 heteroatoms. The van der Waals surface area contributed by atoms with Gasteiger partial charge in [-0.05, 0) is 26.8 Å². The molecule has 0 aliphatic rings. The lowest BCUT2D eigenvalue weighted by Gasteiger charge is -2.13. The molecule has 0 aliphatic heterocycles. The molecule has 1 unspecified atom stereocenters. The van der Waals surface area contributed by atoms with E-state index in [0.717, 1.165) is 35.4 Å². The summed E-state index contributed by atoms with van der Waals surface area (Å²) >= 11 is 1.69. The van der Waals surface area contributed by atoms with E-state index in [-0.39, 0.29) is 0 Å². The van der Waals surface area contributed by atoms with E-state index in [1.165, 1.54) is 0 Å². The molecule has 1 N–H and O–H groups in total. The molecule has 1 aromatic rings. The molecule has 3 nitrogen and oxygen atoms in total. The molecule has 1 aromatic heterocycles. The summed E-state index contributed by atoms with van der Waals surface area (Å²) in [6, 6.07) is 0.549. The zero-order chi connectivity index (χ0) is 11.3. The van der Waals surface area contributed by atoms with E-state index >= 15 is 0 Å². The topological polar surface area (TPSA) is 38.1 Å². The number of hydrogen-bond donors (Lipinski definition) is 1. The second-order valence-electron chi connectivity index (χ2n) is 3.60. The van der Waals surface area contributed by atoms with Crippen molar-refractivity contribution in [2.24, 2.45) is 0 Å². The Morgan fingerprint density at radius 2 is 2.13 bits per heavy atom. The van der Waals surface area contributed by atoms with Crippen molar-refractivity contribution >= 4 is 11.8 Å². The largest absolute Gasteiger partial charge is 0.437 e. The van der Waals surface area contributed by atoms with Gasteiger partial charge in [-0.1, -0.05) is 25.6 Å². The summed E-state index contributed by atoms with van der Waals surface area (Å²) < 4.78 is 5.51. The van der Waals surface area contributed by atoms with Gasteiger partial charge in [0.1, 0.15) is 5.76 Å².